The molecule has 1 saturated carbocycles. The SMILES string of the molecule is CN1CCN(S(=O)(=O)c2cnn(C3CCCC3)c2)C[C@@H]1CO. The minimum absolute atomic E-state index is 0.0378. The van der Waals surface area contributed by atoms with Gasteiger partial charge in [0.05, 0.1) is 18.8 Å². The number of likely N-dealkylation sites (N-methyl/N-ethyl adjacent to an activating group) is 1. The van der Waals surface area contributed by atoms with Gasteiger partial charge in [-0.1, -0.05) is 12.8 Å². The second-order valence-corrected chi connectivity index (χ2v) is 8.21. The molecule has 1 atom stereocenters. The Kier molecular flexibility index (Phi) is 4.54. The van der Waals surface area contributed by atoms with Crippen LogP contribution in [0.3, 0.4) is 0 Å². The number of aromatic nitrogens is 2. The van der Waals surface area contributed by atoms with Crippen LogP contribution >= 0.6 is 0 Å². The van der Waals surface area contributed by atoms with Gasteiger partial charge >= 0.3 is 0 Å². The first-order valence-corrected chi connectivity index (χ1v) is 9.32. The van der Waals surface area contributed by atoms with E-state index in [0.29, 0.717) is 25.7 Å². The van der Waals surface area contributed by atoms with Crippen LogP contribution in [0.5, 0.6) is 0 Å². The number of nitrogens with zero attached hydrogens (tertiary/aromatic N) is 4. The summed E-state index contributed by atoms with van der Waals surface area (Å²) in [5.41, 5.74) is 0. The fraction of sp³-hybridized carbons (Fsp3) is 0.786. The maximum atomic E-state index is 12.8. The summed E-state index contributed by atoms with van der Waals surface area (Å²) >= 11 is 0. The summed E-state index contributed by atoms with van der Waals surface area (Å²) in [7, 11) is -1.62. The van der Waals surface area contributed by atoms with Gasteiger partial charge in [-0.25, -0.2) is 8.42 Å². The van der Waals surface area contributed by atoms with Gasteiger partial charge in [0, 0.05) is 31.9 Å². The molecular formula is C14H24N4O3S. The number of aliphatic hydroxyl groups is 1. The Morgan fingerprint density at radius 3 is 2.73 bits per heavy atom. The van der Waals surface area contributed by atoms with Crippen molar-refractivity contribution in [3.05, 3.63) is 12.4 Å². The number of rotatable bonds is 4. The lowest BCUT2D eigenvalue weighted by Gasteiger charge is -2.37. The van der Waals surface area contributed by atoms with Gasteiger partial charge in [0.1, 0.15) is 4.90 Å². The molecule has 1 N–H and O–H groups in total. The van der Waals surface area contributed by atoms with Gasteiger partial charge in [-0.05, 0) is 19.9 Å². The number of sulfonamides is 1. The minimum atomic E-state index is -3.52. The molecule has 0 aromatic carbocycles. The molecule has 3 rings (SSSR count). The van der Waals surface area contributed by atoms with Crippen LogP contribution in [-0.4, -0.2) is 71.8 Å². The largest absolute Gasteiger partial charge is 0.395 e. The first kappa shape index (κ1) is 15.9. The third-order valence-electron chi connectivity index (χ3n) is 4.86. The molecule has 0 amide bonds. The molecule has 1 saturated heterocycles. The van der Waals surface area contributed by atoms with Crippen LogP contribution in [0.2, 0.25) is 0 Å². The van der Waals surface area contributed by atoms with E-state index in [0.717, 1.165) is 12.8 Å². The van der Waals surface area contributed by atoms with E-state index in [4.69, 9.17) is 0 Å². The summed E-state index contributed by atoms with van der Waals surface area (Å²) in [6.45, 7) is 1.36. The van der Waals surface area contributed by atoms with E-state index < -0.39 is 10.0 Å². The Morgan fingerprint density at radius 1 is 1.32 bits per heavy atom. The topological polar surface area (TPSA) is 78.7 Å². The zero-order valence-electron chi connectivity index (χ0n) is 12.9. The normalized spacial score (nSPS) is 25.8. The Bertz CT molecular complexity index is 609. The lowest BCUT2D eigenvalue weighted by atomic mass is 10.2. The van der Waals surface area contributed by atoms with Gasteiger partial charge in [0.2, 0.25) is 10.0 Å². The highest BCUT2D eigenvalue weighted by molar-refractivity contribution is 7.89. The van der Waals surface area contributed by atoms with Gasteiger partial charge in [0.25, 0.3) is 0 Å². The quantitative estimate of drug-likeness (QED) is 0.860. The standard InChI is InChI=1S/C14H24N4O3S/c1-16-6-7-17(9-13(16)11-19)22(20,21)14-8-15-18(10-14)12-4-2-3-5-12/h8,10,12-13,19H,2-7,9,11H2,1H3/t13-/m1/s1. The van der Waals surface area contributed by atoms with Crippen molar-refractivity contribution >= 4 is 10.0 Å². The van der Waals surface area contributed by atoms with Crippen LogP contribution in [0.4, 0.5) is 0 Å². The third-order valence-corrected chi connectivity index (χ3v) is 6.68. The van der Waals surface area contributed by atoms with E-state index in [1.54, 1.807) is 10.9 Å². The second kappa shape index (κ2) is 6.27. The molecular weight excluding hydrogens is 304 g/mol. The summed E-state index contributed by atoms with van der Waals surface area (Å²) in [6, 6.07) is 0.190. The molecule has 7 nitrogen and oxygen atoms in total. The predicted octanol–water partition coefficient (Wildman–Crippen LogP) is 0.295. The van der Waals surface area contributed by atoms with Crippen LogP contribution < -0.4 is 0 Å². The highest BCUT2D eigenvalue weighted by Crippen LogP contribution is 2.30. The molecule has 2 aliphatic rings. The highest BCUT2D eigenvalue weighted by atomic mass is 32.2. The lowest BCUT2D eigenvalue weighted by molar-refractivity contribution is 0.0924. The zero-order valence-corrected chi connectivity index (χ0v) is 13.7. The molecule has 22 heavy (non-hydrogen) atoms. The van der Waals surface area contributed by atoms with Crippen molar-refractivity contribution in [3.63, 3.8) is 0 Å². The van der Waals surface area contributed by atoms with E-state index in [1.165, 1.54) is 23.3 Å². The van der Waals surface area contributed by atoms with Crippen molar-refractivity contribution in [3.8, 4) is 0 Å². The second-order valence-electron chi connectivity index (χ2n) is 6.27. The fourth-order valence-electron chi connectivity index (χ4n) is 3.30. The van der Waals surface area contributed by atoms with Crippen molar-refractivity contribution in [1.82, 2.24) is 19.0 Å². The zero-order chi connectivity index (χ0) is 15.7. The number of piperazine rings is 1. The maximum Gasteiger partial charge on any atom is 0.246 e. The summed E-state index contributed by atoms with van der Waals surface area (Å²) < 4.78 is 28.8. The van der Waals surface area contributed by atoms with Crippen LogP contribution in [0.1, 0.15) is 31.7 Å². The lowest BCUT2D eigenvalue weighted by Crippen LogP contribution is -2.54. The van der Waals surface area contributed by atoms with Crippen LogP contribution in [0, 0.1) is 0 Å². The first-order chi connectivity index (χ1) is 10.5. The highest BCUT2D eigenvalue weighted by Gasteiger charge is 2.33. The molecule has 8 heteroatoms. The van der Waals surface area contributed by atoms with Crippen LogP contribution in [-0.2, 0) is 10.0 Å². The number of aliphatic hydroxyl groups excluding tert-OH is 1. The van der Waals surface area contributed by atoms with Crippen molar-refractivity contribution < 1.29 is 13.5 Å². The molecule has 1 aliphatic carbocycles. The summed E-state index contributed by atoms with van der Waals surface area (Å²) in [4.78, 5) is 2.26. The molecule has 1 aliphatic heterocycles. The number of hydrogen-bond donors (Lipinski definition) is 1. The van der Waals surface area contributed by atoms with E-state index in [2.05, 4.69) is 5.10 Å². The van der Waals surface area contributed by atoms with Gasteiger partial charge in [0.15, 0.2) is 0 Å². The monoisotopic (exact) mass is 328 g/mol. The molecule has 0 radical (unpaired) electrons. The van der Waals surface area contributed by atoms with Gasteiger partial charge in [-0.15, -0.1) is 0 Å². The Hall–Kier alpha value is -0.960. The molecule has 1 aromatic heterocycles. The Balaban J connectivity index is 1.77. The molecule has 2 heterocycles. The van der Waals surface area contributed by atoms with Gasteiger partial charge in [-0.2, -0.15) is 9.40 Å². The third kappa shape index (κ3) is 2.92. The molecule has 0 spiro atoms. The molecule has 2 fully saturated rings. The fourth-order valence-corrected chi connectivity index (χ4v) is 4.71. The van der Waals surface area contributed by atoms with E-state index in [9.17, 15) is 13.5 Å². The van der Waals surface area contributed by atoms with Gasteiger partial charge in [-0.3, -0.25) is 9.58 Å². The molecule has 124 valence electrons. The summed E-state index contributed by atoms with van der Waals surface area (Å²) in [6.07, 6.45) is 7.63. The van der Waals surface area contributed by atoms with E-state index >= 15 is 0 Å². The van der Waals surface area contributed by atoms with Gasteiger partial charge < -0.3 is 5.11 Å². The predicted molar refractivity (Wildman–Crippen MR) is 82.0 cm³/mol. The van der Waals surface area contributed by atoms with Crippen LogP contribution in [0.15, 0.2) is 17.3 Å². The minimum Gasteiger partial charge on any atom is -0.395 e. The van der Waals surface area contributed by atoms with Crippen LogP contribution in [0.25, 0.3) is 0 Å². The number of hydrogen-bond acceptors (Lipinski definition) is 5. The smallest absolute Gasteiger partial charge is 0.246 e. The van der Waals surface area contributed by atoms with E-state index in [1.807, 2.05) is 11.9 Å². The molecule has 0 bridgehead atoms. The Morgan fingerprint density at radius 2 is 2.05 bits per heavy atom. The van der Waals surface area contributed by atoms with Crippen molar-refractivity contribution in [2.75, 3.05) is 33.3 Å². The Labute approximate surface area is 131 Å². The van der Waals surface area contributed by atoms with Crippen molar-refractivity contribution in [2.45, 2.75) is 42.7 Å². The summed E-state index contributed by atoms with van der Waals surface area (Å²) in [5.74, 6) is 0. The summed E-state index contributed by atoms with van der Waals surface area (Å²) in [5, 5.41) is 13.6. The average Bonchev–Trinajstić information content (AvgIpc) is 3.18. The first-order valence-electron chi connectivity index (χ1n) is 7.88. The van der Waals surface area contributed by atoms with Crippen molar-refractivity contribution in [1.29, 1.82) is 0 Å². The maximum absolute atomic E-state index is 12.8. The molecule has 1 aromatic rings. The van der Waals surface area contributed by atoms with Crippen molar-refractivity contribution in [2.24, 2.45) is 0 Å². The average molecular weight is 328 g/mol. The molecule has 0 unspecified atom stereocenters. The van der Waals surface area contributed by atoms with E-state index in [-0.39, 0.29) is 17.5 Å².